The SMILES string of the molecule is CC(C)(C)C(O)Cn1ncn(-c2ccc(N3CCN(c4ccc(OC[C@@H]5CO[C@@](Cn6cncn6)(c6ccc(F)cc6F)O5)cc4)CC3)cc2)c1=O. The van der Waals surface area contributed by atoms with Gasteiger partial charge in [0.05, 0.1) is 24.9 Å². The van der Waals surface area contributed by atoms with Gasteiger partial charge in [-0.1, -0.05) is 20.8 Å². The average Bonchev–Trinajstić information content (AvgIpc) is 3.89. The predicted molar refractivity (Wildman–Crippen MR) is 189 cm³/mol. The number of piperazine rings is 1. The van der Waals surface area contributed by atoms with E-state index < -0.39 is 29.6 Å². The van der Waals surface area contributed by atoms with Crippen LogP contribution in [-0.4, -0.2) is 85.8 Å². The molecule has 13 nitrogen and oxygen atoms in total. The molecule has 2 aliphatic rings. The largest absolute Gasteiger partial charge is 0.491 e. The van der Waals surface area contributed by atoms with Crippen LogP contribution in [0.5, 0.6) is 5.75 Å². The summed E-state index contributed by atoms with van der Waals surface area (Å²) in [7, 11) is 0. The van der Waals surface area contributed by atoms with Crippen molar-refractivity contribution in [1.82, 2.24) is 29.1 Å². The van der Waals surface area contributed by atoms with Gasteiger partial charge in [-0.3, -0.25) is 0 Å². The quantitative estimate of drug-likeness (QED) is 0.215. The van der Waals surface area contributed by atoms with Gasteiger partial charge >= 0.3 is 5.69 Å². The Labute approximate surface area is 299 Å². The molecule has 15 heteroatoms. The molecule has 0 radical (unpaired) electrons. The lowest BCUT2D eigenvalue weighted by molar-refractivity contribution is -0.192. The van der Waals surface area contributed by atoms with Gasteiger partial charge in [-0.2, -0.15) is 10.2 Å². The zero-order valence-corrected chi connectivity index (χ0v) is 29.3. The van der Waals surface area contributed by atoms with Gasteiger partial charge in [-0.25, -0.2) is 32.5 Å². The highest BCUT2D eigenvalue weighted by atomic mass is 19.1. The molecule has 1 unspecified atom stereocenters. The molecular weight excluding hydrogens is 674 g/mol. The maximum atomic E-state index is 14.9. The second-order valence-corrected chi connectivity index (χ2v) is 14.2. The Morgan fingerprint density at radius 1 is 0.923 bits per heavy atom. The Morgan fingerprint density at radius 3 is 2.19 bits per heavy atom. The summed E-state index contributed by atoms with van der Waals surface area (Å²) in [4.78, 5) is 21.5. The molecule has 1 N–H and O–H groups in total. The first kappa shape index (κ1) is 35.3. The van der Waals surface area contributed by atoms with Crippen molar-refractivity contribution in [2.24, 2.45) is 5.41 Å². The molecule has 2 aliphatic heterocycles. The highest BCUT2D eigenvalue weighted by Gasteiger charge is 2.46. The van der Waals surface area contributed by atoms with E-state index in [-0.39, 0.29) is 43.0 Å². The number of ether oxygens (including phenoxy) is 3. The lowest BCUT2D eigenvalue weighted by atomic mass is 9.89. The fraction of sp³-hybridized carbons (Fsp3) is 0.405. The summed E-state index contributed by atoms with van der Waals surface area (Å²) in [5.41, 5.74) is 2.29. The third-order valence-corrected chi connectivity index (χ3v) is 9.53. The van der Waals surface area contributed by atoms with Gasteiger partial charge in [0.15, 0.2) is 0 Å². The van der Waals surface area contributed by atoms with Crippen molar-refractivity contribution < 1.29 is 28.1 Å². The van der Waals surface area contributed by atoms with Crippen LogP contribution in [0.25, 0.3) is 5.69 Å². The lowest BCUT2D eigenvalue weighted by Crippen LogP contribution is -2.46. The second kappa shape index (κ2) is 14.5. The number of aromatic nitrogens is 6. The summed E-state index contributed by atoms with van der Waals surface area (Å²) in [5, 5.41) is 18.7. The molecule has 0 spiro atoms. The summed E-state index contributed by atoms with van der Waals surface area (Å²) in [6.45, 7) is 9.53. The summed E-state index contributed by atoms with van der Waals surface area (Å²) >= 11 is 0. The van der Waals surface area contributed by atoms with Crippen LogP contribution >= 0.6 is 0 Å². The minimum atomic E-state index is -1.52. The summed E-state index contributed by atoms with van der Waals surface area (Å²) in [5.74, 6) is -2.33. The summed E-state index contributed by atoms with van der Waals surface area (Å²) in [6.07, 6.45) is 3.12. The third kappa shape index (κ3) is 7.56. The maximum Gasteiger partial charge on any atom is 0.350 e. The van der Waals surface area contributed by atoms with Crippen molar-refractivity contribution >= 4 is 11.4 Å². The van der Waals surface area contributed by atoms with Crippen LogP contribution < -0.4 is 20.2 Å². The standard InChI is InChI=1S/C37H42F2N8O5/c1-36(2,3)34(48)19-47-35(49)46(25-42-47)29-7-5-27(6-8-29)43-14-16-44(17-15-43)28-9-11-30(12-10-28)50-20-31-21-51-37(52-31,22-45-24-40-23-41-45)32-13-4-26(38)18-33(32)39/h4-13,18,23-25,31,34,48H,14-17,19-22H2,1-3H3/t31-,34?,37-/m1/s1. The van der Waals surface area contributed by atoms with Crippen molar-refractivity contribution in [2.75, 3.05) is 49.2 Å². The van der Waals surface area contributed by atoms with Crippen molar-refractivity contribution in [3.8, 4) is 11.4 Å². The van der Waals surface area contributed by atoms with Crippen LogP contribution in [0, 0.1) is 17.0 Å². The van der Waals surface area contributed by atoms with E-state index in [1.165, 1.54) is 45.0 Å². The van der Waals surface area contributed by atoms with Crippen molar-refractivity contribution in [1.29, 1.82) is 0 Å². The minimum absolute atomic E-state index is 0.0254. The maximum absolute atomic E-state index is 14.9. The van der Waals surface area contributed by atoms with E-state index in [1.54, 1.807) is 0 Å². The van der Waals surface area contributed by atoms with Crippen LogP contribution in [0.1, 0.15) is 26.3 Å². The first-order chi connectivity index (χ1) is 25.0. The van der Waals surface area contributed by atoms with Gasteiger partial charge < -0.3 is 29.1 Å². The van der Waals surface area contributed by atoms with Crippen LogP contribution in [0.2, 0.25) is 0 Å². The number of anilines is 2. The number of nitrogens with zero attached hydrogens (tertiary/aromatic N) is 8. The summed E-state index contributed by atoms with van der Waals surface area (Å²) < 4.78 is 51.1. The number of hydrogen-bond acceptors (Lipinski definition) is 10. The topological polar surface area (TPSA) is 125 Å². The molecule has 0 aliphatic carbocycles. The number of halogens is 2. The number of hydrogen-bond donors (Lipinski definition) is 1. The molecule has 52 heavy (non-hydrogen) atoms. The fourth-order valence-electron chi connectivity index (χ4n) is 6.35. The molecule has 0 saturated carbocycles. The molecule has 7 rings (SSSR count). The molecule has 2 aromatic heterocycles. The molecule has 3 aromatic carbocycles. The molecule has 4 heterocycles. The molecule has 274 valence electrons. The lowest BCUT2D eigenvalue weighted by Gasteiger charge is -2.37. The van der Waals surface area contributed by atoms with Crippen LogP contribution in [0.15, 0.2) is 90.5 Å². The van der Waals surface area contributed by atoms with Crippen LogP contribution in [-0.2, 0) is 28.4 Å². The predicted octanol–water partition coefficient (Wildman–Crippen LogP) is 3.98. The van der Waals surface area contributed by atoms with Crippen molar-refractivity contribution in [3.05, 3.63) is 113 Å². The highest BCUT2D eigenvalue weighted by Crippen LogP contribution is 2.38. The van der Waals surface area contributed by atoms with Gasteiger partial charge in [0, 0.05) is 49.2 Å². The number of aliphatic hydroxyl groups is 1. The van der Waals surface area contributed by atoms with Crippen LogP contribution in [0.4, 0.5) is 20.2 Å². The molecule has 0 bridgehead atoms. The first-order valence-corrected chi connectivity index (χ1v) is 17.2. The monoisotopic (exact) mass is 716 g/mol. The molecule has 2 saturated heterocycles. The van der Waals surface area contributed by atoms with Gasteiger partial charge in [0.1, 0.15) is 55.6 Å². The normalized spacial score (nSPS) is 20.0. The Kier molecular flexibility index (Phi) is 9.83. The Balaban J connectivity index is 0.914. The number of benzene rings is 3. The summed E-state index contributed by atoms with van der Waals surface area (Å²) in [6, 6.07) is 19.0. The third-order valence-electron chi connectivity index (χ3n) is 9.53. The van der Waals surface area contributed by atoms with E-state index in [1.807, 2.05) is 69.3 Å². The number of rotatable bonds is 11. The van der Waals surface area contributed by atoms with Crippen molar-refractivity contribution in [2.45, 2.75) is 51.9 Å². The fourth-order valence-corrected chi connectivity index (χ4v) is 6.35. The van der Waals surface area contributed by atoms with Gasteiger partial charge in [-0.15, -0.1) is 0 Å². The van der Waals surface area contributed by atoms with E-state index in [9.17, 15) is 18.7 Å². The van der Waals surface area contributed by atoms with E-state index in [2.05, 4.69) is 25.0 Å². The average molecular weight is 717 g/mol. The van der Waals surface area contributed by atoms with Gasteiger partial charge in [0.2, 0.25) is 5.79 Å². The van der Waals surface area contributed by atoms with E-state index in [0.717, 1.165) is 43.6 Å². The zero-order chi connectivity index (χ0) is 36.5. The van der Waals surface area contributed by atoms with Gasteiger partial charge in [-0.05, 0) is 66.1 Å². The molecule has 2 fully saturated rings. The second-order valence-electron chi connectivity index (χ2n) is 14.2. The van der Waals surface area contributed by atoms with E-state index in [0.29, 0.717) is 11.4 Å². The Morgan fingerprint density at radius 2 is 1.58 bits per heavy atom. The van der Waals surface area contributed by atoms with E-state index in [4.69, 9.17) is 14.2 Å². The van der Waals surface area contributed by atoms with E-state index >= 15 is 0 Å². The molecule has 0 amide bonds. The minimum Gasteiger partial charge on any atom is -0.491 e. The smallest absolute Gasteiger partial charge is 0.350 e. The van der Waals surface area contributed by atoms with Crippen molar-refractivity contribution in [3.63, 3.8) is 0 Å². The number of aliphatic hydroxyl groups excluding tert-OH is 1. The zero-order valence-electron chi connectivity index (χ0n) is 29.3. The molecule has 3 atom stereocenters. The Hall–Kier alpha value is -5.12. The first-order valence-electron chi connectivity index (χ1n) is 17.2. The molecular formula is C37H42F2N8O5. The highest BCUT2D eigenvalue weighted by molar-refractivity contribution is 5.54. The Bertz CT molecular complexity index is 2010. The van der Waals surface area contributed by atoms with Gasteiger partial charge in [0.25, 0.3) is 0 Å². The molecule has 5 aromatic rings. The van der Waals surface area contributed by atoms with Crippen LogP contribution in [0.3, 0.4) is 0 Å².